The molecule has 0 aliphatic carbocycles. The fourth-order valence-electron chi connectivity index (χ4n) is 4.69. The van der Waals surface area contributed by atoms with E-state index in [1.165, 1.54) is 109 Å². The minimum absolute atomic E-state index is 0.443. The quantitative estimate of drug-likeness (QED) is 0.232. The van der Waals surface area contributed by atoms with Gasteiger partial charge in [-0.05, 0) is 26.2 Å². The molecule has 1 fully saturated rings. The van der Waals surface area contributed by atoms with Crippen LogP contribution in [0.25, 0.3) is 0 Å². The van der Waals surface area contributed by atoms with Crippen LogP contribution < -0.4 is 16.0 Å². The van der Waals surface area contributed by atoms with Crippen LogP contribution in [0.1, 0.15) is 123 Å². The normalized spacial score (nSPS) is 14.8. The largest absolute Gasteiger partial charge is 0.399 e. The maximum Gasteiger partial charge on any atom is 0.133 e. The van der Waals surface area contributed by atoms with Crippen LogP contribution in [0, 0.1) is 0 Å². The van der Waals surface area contributed by atoms with Gasteiger partial charge in [-0.25, -0.2) is 4.98 Å². The highest BCUT2D eigenvalue weighted by Gasteiger charge is 2.15. The maximum atomic E-state index is 6.13. The summed E-state index contributed by atoms with van der Waals surface area (Å²) in [5.74, 6) is 1.96. The number of hydrogen-bond donors (Lipinski definition) is 2. The second-order valence-corrected chi connectivity index (χ2v) is 9.77. The van der Waals surface area contributed by atoms with Gasteiger partial charge >= 0.3 is 0 Å². The number of aromatic nitrogens is 1. The molecule has 1 saturated heterocycles. The molecule has 1 aliphatic heterocycles. The molecule has 178 valence electrons. The van der Waals surface area contributed by atoms with E-state index in [1.54, 1.807) is 0 Å². The highest BCUT2D eigenvalue weighted by molar-refractivity contribution is 5.59. The van der Waals surface area contributed by atoms with Crippen LogP contribution in [-0.2, 0) is 0 Å². The van der Waals surface area contributed by atoms with Gasteiger partial charge in [0.2, 0.25) is 0 Å². The van der Waals surface area contributed by atoms with Gasteiger partial charge in [0.15, 0.2) is 0 Å². The van der Waals surface area contributed by atoms with Crippen molar-refractivity contribution < 1.29 is 0 Å². The molecule has 3 N–H and O–H groups in total. The molecule has 0 amide bonds. The summed E-state index contributed by atoms with van der Waals surface area (Å²) in [6.45, 7) is 6.76. The van der Waals surface area contributed by atoms with Crippen molar-refractivity contribution in [1.29, 1.82) is 0 Å². The average Bonchev–Trinajstić information content (AvgIpc) is 3.28. The number of unbranched alkanes of at least 4 members (excludes halogenated alkanes) is 13. The molecular weight excluding hydrogens is 380 g/mol. The number of hydrogen-bond acceptors (Lipinski definition) is 4. The van der Waals surface area contributed by atoms with Crippen LogP contribution in [0.3, 0.4) is 0 Å². The fourth-order valence-corrected chi connectivity index (χ4v) is 4.69. The SMILES string of the molecule is CCCCCCCCCCCCCCCCC(C)Nc1cc(N)cc(N2CCCC2)n1. The second kappa shape index (κ2) is 16.2. The van der Waals surface area contributed by atoms with E-state index in [-0.39, 0.29) is 0 Å². The summed E-state index contributed by atoms with van der Waals surface area (Å²) < 4.78 is 0. The van der Waals surface area contributed by atoms with Crippen molar-refractivity contribution in [2.45, 2.75) is 129 Å². The lowest BCUT2D eigenvalue weighted by molar-refractivity contribution is 0.527. The average molecular weight is 431 g/mol. The molecule has 2 rings (SSSR count). The van der Waals surface area contributed by atoms with E-state index < -0.39 is 0 Å². The molecule has 0 spiro atoms. The Hall–Kier alpha value is -1.45. The third kappa shape index (κ3) is 11.7. The lowest BCUT2D eigenvalue weighted by atomic mass is 10.0. The molecule has 0 saturated carbocycles. The molecule has 1 unspecified atom stereocenters. The Morgan fingerprint density at radius 2 is 1.35 bits per heavy atom. The minimum Gasteiger partial charge on any atom is -0.399 e. The number of pyridine rings is 1. The van der Waals surface area contributed by atoms with Gasteiger partial charge in [-0.15, -0.1) is 0 Å². The topological polar surface area (TPSA) is 54.2 Å². The van der Waals surface area contributed by atoms with Gasteiger partial charge in [0.25, 0.3) is 0 Å². The first-order chi connectivity index (χ1) is 15.2. The molecule has 0 aromatic carbocycles. The Balaban J connectivity index is 1.45. The number of nitrogens with one attached hydrogen (secondary N) is 1. The monoisotopic (exact) mass is 430 g/mol. The van der Waals surface area contributed by atoms with Crippen LogP contribution in [0.15, 0.2) is 12.1 Å². The second-order valence-electron chi connectivity index (χ2n) is 9.77. The smallest absolute Gasteiger partial charge is 0.133 e. The van der Waals surface area contributed by atoms with E-state index in [2.05, 4.69) is 24.1 Å². The van der Waals surface area contributed by atoms with Crippen molar-refractivity contribution in [3.8, 4) is 0 Å². The van der Waals surface area contributed by atoms with Crippen LogP contribution in [-0.4, -0.2) is 24.1 Å². The van der Waals surface area contributed by atoms with Gasteiger partial charge in [0.1, 0.15) is 11.6 Å². The van der Waals surface area contributed by atoms with E-state index in [0.29, 0.717) is 6.04 Å². The minimum atomic E-state index is 0.443. The Labute approximate surface area is 192 Å². The van der Waals surface area contributed by atoms with Crippen LogP contribution >= 0.6 is 0 Å². The number of nitrogens with zero attached hydrogens (tertiary/aromatic N) is 2. The Kier molecular flexibility index (Phi) is 13.5. The first-order valence-electron chi connectivity index (χ1n) is 13.5. The van der Waals surface area contributed by atoms with Crippen molar-refractivity contribution in [2.24, 2.45) is 0 Å². The molecule has 1 aromatic rings. The van der Waals surface area contributed by atoms with E-state index in [9.17, 15) is 0 Å². The Morgan fingerprint density at radius 3 is 1.90 bits per heavy atom. The van der Waals surface area contributed by atoms with Crippen LogP contribution in [0.5, 0.6) is 0 Å². The van der Waals surface area contributed by atoms with Crippen LogP contribution in [0.2, 0.25) is 0 Å². The van der Waals surface area contributed by atoms with Crippen LogP contribution in [0.4, 0.5) is 17.3 Å². The third-order valence-electron chi connectivity index (χ3n) is 6.65. The summed E-state index contributed by atoms with van der Waals surface area (Å²) in [6.07, 6.45) is 23.5. The summed E-state index contributed by atoms with van der Waals surface area (Å²) in [6, 6.07) is 4.42. The van der Waals surface area contributed by atoms with Gasteiger partial charge < -0.3 is 16.0 Å². The molecule has 0 bridgehead atoms. The highest BCUT2D eigenvalue weighted by Crippen LogP contribution is 2.24. The van der Waals surface area contributed by atoms with Gasteiger partial charge in [-0.3, -0.25) is 0 Å². The lowest BCUT2D eigenvalue weighted by Crippen LogP contribution is -2.21. The van der Waals surface area contributed by atoms with Gasteiger partial charge in [0.05, 0.1) is 0 Å². The number of rotatable bonds is 18. The van der Waals surface area contributed by atoms with Crippen molar-refractivity contribution in [3.63, 3.8) is 0 Å². The van der Waals surface area contributed by atoms with Crippen molar-refractivity contribution in [1.82, 2.24) is 4.98 Å². The number of nitrogens with two attached hydrogens (primary N) is 1. The molecule has 2 heterocycles. The van der Waals surface area contributed by atoms with Crippen molar-refractivity contribution in [3.05, 3.63) is 12.1 Å². The third-order valence-corrected chi connectivity index (χ3v) is 6.65. The molecule has 31 heavy (non-hydrogen) atoms. The molecule has 1 aliphatic rings. The zero-order valence-electron chi connectivity index (χ0n) is 20.6. The maximum absolute atomic E-state index is 6.13. The molecule has 4 heteroatoms. The zero-order chi connectivity index (χ0) is 22.2. The highest BCUT2D eigenvalue weighted by atomic mass is 15.2. The van der Waals surface area contributed by atoms with E-state index in [4.69, 9.17) is 10.7 Å². The summed E-state index contributed by atoms with van der Waals surface area (Å²) in [5.41, 5.74) is 6.94. The molecular formula is C27H50N4. The van der Waals surface area contributed by atoms with Gasteiger partial charge in [-0.2, -0.15) is 0 Å². The number of anilines is 3. The summed E-state index contributed by atoms with van der Waals surface area (Å²) in [4.78, 5) is 7.16. The standard InChI is InChI=1S/C27H50N4/c1-3-4-5-6-7-8-9-10-11-12-13-14-15-16-19-24(2)29-26-22-25(28)23-27(30-26)31-20-17-18-21-31/h22-24H,3-21H2,1-2H3,(H3,28,29,30). The zero-order valence-corrected chi connectivity index (χ0v) is 20.6. The first kappa shape index (κ1) is 25.8. The Morgan fingerprint density at radius 1 is 0.839 bits per heavy atom. The van der Waals surface area contributed by atoms with Crippen molar-refractivity contribution >= 4 is 17.3 Å². The van der Waals surface area contributed by atoms with E-state index >= 15 is 0 Å². The molecule has 1 atom stereocenters. The number of nitrogen functional groups attached to an aromatic ring is 1. The van der Waals surface area contributed by atoms with E-state index in [1.807, 2.05) is 12.1 Å². The summed E-state index contributed by atoms with van der Waals surface area (Å²) >= 11 is 0. The summed E-state index contributed by atoms with van der Waals surface area (Å²) in [7, 11) is 0. The fraction of sp³-hybridized carbons (Fsp3) is 0.815. The summed E-state index contributed by atoms with van der Waals surface area (Å²) in [5, 5.41) is 3.58. The lowest BCUT2D eigenvalue weighted by Gasteiger charge is -2.20. The predicted molar refractivity (Wildman–Crippen MR) is 138 cm³/mol. The molecule has 1 aromatic heterocycles. The van der Waals surface area contributed by atoms with Gasteiger partial charge in [-0.1, -0.05) is 96.8 Å². The Bertz CT molecular complexity index is 568. The van der Waals surface area contributed by atoms with Crippen molar-refractivity contribution in [2.75, 3.05) is 29.0 Å². The first-order valence-corrected chi connectivity index (χ1v) is 13.5. The van der Waals surface area contributed by atoms with E-state index in [0.717, 1.165) is 30.4 Å². The van der Waals surface area contributed by atoms with Gasteiger partial charge in [0, 0.05) is 37.0 Å². The predicted octanol–water partition coefficient (Wildman–Crippen LogP) is 7.94. The molecule has 4 nitrogen and oxygen atoms in total. The molecule has 0 radical (unpaired) electrons.